The van der Waals surface area contributed by atoms with Crippen LogP contribution in [0.3, 0.4) is 0 Å². The number of hydrogen-bond donors (Lipinski definition) is 2. The Balaban J connectivity index is 1.66. The Bertz CT molecular complexity index is 1640. The number of rotatable bonds is 9. The van der Waals surface area contributed by atoms with Crippen LogP contribution in [0.2, 0.25) is 0 Å². The van der Waals surface area contributed by atoms with E-state index in [1.165, 1.54) is 18.6 Å². The van der Waals surface area contributed by atoms with E-state index in [-0.39, 0.29) is 29.8 Å². The molecule has 0 aliphatic carbocycles. The van der Waals surface area contributed by atoms with Gasteiger partial charge in [0.15, 0.2) is 6.10 Å². The zero-order valence-electron chi connectivity index (χ0n) is 24.5. The molecule has 2 atom stereocenters. The lowest BCUT2D eigenvalue weighted by atomic mass is 9.98. The molecule has 0 bridgehead atoms. The lowest BCUT2D eigenvalue weighted by Crippen LogP contribution is -2.26. The first-order valence-corrected chi connectivity index (χ1v) is 13.8. The summed E-state index contributed by atoms with van der Waals surface area (Å²) in [5.74, 6) is -1.08. The number of nitrogens with zero attached hydrogens (tertiary/aromatic N) is 1. The van der Waals surface area contributed by atoms with Gasteiger partial charge in [-0.15, -0.1) is 0 Å². The summed E-state index contributed by atoms with van der Waals surface area (Å²) in [6.07, 6.45) is -5.84. The molecule has 1 amide bonds. The molecule has 222 valence electrons. The Labute approximate surface area is 243 Å². The van der Waals surface area contributed by atoms with Crippen LogP contribution in [0.15, 0.2) is 60.7 Å². The fourth-order valence-electron chi connectivity index (χ4n) is 5.02. The number of carbonyl (C=O) groups is 2. The Morgan fingerprint density at radius 2 is 1.64 bits per heavy atom. The summed E-state index contributed by atoms with van der Waals surface area (Å²) < 4.78 is 48.9. The molecule has 42 heavy (non-hydrogen) atoms. The van der Waals surface area contributed by atoms with E-state index in [4.69, 9.17) is 9.84 Å². The van der Waals surface area contributed by atoms with Crippen LogP contribution in [0.4, 0.5) is 13.2 Å². The second kappa shape index (κ2) is 11.9. The molecular weight excluding hydrogens is 545 g/mol. The molecule has 2 N–H and O–H groups in total. The van der Waals surface area contributed by atoms with Crippen molar-refractivity contribution in [2.75, 3.05) is 0 Å². The number of aromatic nitrogens is 1. The molecule has 6 nitrogen and oxygen atoms in total. The van der Waals surface area contributed by atoms with E-state index in [1.54, 1.807) is 22.8 Å². The topological polar surface area (TPSA) is 80.6 Å². The summed E-state index contributed by atoms with van der Waals surface area (Å²) in [5, 5.41) is 13.0. The SMILES string of the molecule is Cc1c(C)n(Cc2cc(O[C@@H](C)C(=O)O)ccc2C(F)(F)F)c2ccc(C(=O)N[C@@H](C)c3cccc(C(C)C)c3)cc12. The first kappa shape index (κ1) is 30.7. The van der Waals surface area contributed by atoms with Gasteiger partial charge < -0.3 is 19.7 Å². The van der Waals surface area contributed by atoms with Gasteiger partial charge >= 0.3 is 12.1 Å². The van der Waals surface area contributed by atoms with Crippen molar-refractivity contribution in [2.45, 2.75) is 72.3 Å². The van der Waals surface area contributed by atoms with Gasteiger partial charge in [0.1, 0.15) is 5.75 Å². The monoisotopic (exact) mass is 580 g/mol. The lowest BCUT2D eigenvalue weighted by Gasteiger charge is -2.18. The molecule has 0 saturated heterocycles. The lowest BCUT2D eigenvalue weighted by molar-refractivity contribution is -0.144. The minimum Gasteiger partial charge on any atom is -0.479 e. The van der Waals surface area contributed by atoms with Crippen LogP contribution in [-0.2, 0) is 17.5 Å². The first-order valence-electron chi connectivity index (χ1n) is 13.8. The fourth-order valence-corrected chi connectivity index (χ4v) is 5.02. The highest BCUT2D eigenvalue weighted by Crippen LogP contribution is 2.36. The Kier molecular flexibility index (Phi) is 8.71. The Morgan fingerprint density at radius 1 is 0.952 bits per heavy atom. The average molecular weight is 581 g/mol. The number of fused-ring (bicyclic) bond motifs is 1. The predicted octanol–water partition coefficient (Wildman–Crippen LogP) is 7.79. The van der Waals surface area contributed by atoms with Gasteiger partial charge in [-0.25, -0.2) is 4.79 Å². The van der Waals surface area contributed by atoms with Crippen molar-refractivity contribution in [2.24, 2.45) is 0 Å². The van der Waals surface area contributed by atoms with E-state index < -0.39 is 23.8 Å². The van der Waals surface area contributed by atoms with Crippen molar-refractivity contribution >= 4 is 22.8 Å². The van der Waals surface area contributed by atoms with E-state index in [0.29, 0.717) is 17.0 Å². The van der Waals surface area contributed by atoms with Crippen LogP contribution < -0.4 is 10.1 Å². The van der Waals surface area contributed by atoms with Crippen LogP contribution in [0.25, 0.3) is 10.9 Å². The summed E-state index contributed by atoms with van der Waals surface area (Å²) >= 11 is 0. The van der Waals surface area contributed by atoms with Crippen molar-refractivity contribution in [1.82, 2.24) is 9.88 Å². The number of halogens is 3. The van der Waals surface area contributed by atoms with Crippen molar-refractivity contribution in [3.63, 3.8) is 0 Å². The van der Waals surface area contributed by atoms with Crippen molar-refractivity contribution in [3.8, 4) is 5.75 Å². The molecule has 4 rings (SSSR count). The molecular formula is C33H35F3N2O4. The minimum atomic E-state index is -4.62. The number of carboxylic acids is 1. The number of aliphatic carboxylic acids is 1. The Hall–Kier alpha value is -4.27. The van der Waals surface area contributed by atoms with E-state index in [9.17, 15) is 22.8 Å². The van der Waals surface area contributed by atoms with Crippen LogP contribution in [-0.4, -0.2) is 27.7 Å². The number of hydrogen-bond acceptors (Lipinski definition) is 3. The van der Waals surface area contributed by atoms with Gasteiger partial charge in [-0.05, 0) is 92.3 Å². The summed E-state index contributed by atoms with van der Waals surface area (Å²) in [7, 11) is 0. The number of carbonyl (C=O) groups excluding carboxylic acids is 1. The van der Waals surface area contributed by atoms with Gasteiger partial charge in [0.2, 0.25) is 0 Å². The summed E-state index contributed by atoms with van der Waals surface area (Å²) in [6.45, 7) is 11.0. The minimum absolute atomic E-state index is 0.0331. The van der Waals surface area contributed by atoms with Gasteiger partial charge in [-0.2, -0.15) is 13.2 Å². The third-order valence-corrected chi connectivity index (χ3v) is 7.70. The fraction of sp³-hybridized carbons (Fsp3) is 0.333. The van der Waals surface area contributed by atoms with Crippen molar-refractivity contribution in [1.29, 1.82) is 0 Å². The molecule has 0 spiro atoms. The molecule has 0 fully saturated rings. The third kappa shape index (κ3) is 6.45. The van der Waals surface area contributed by atoms with E-state index in [1.807, 2.05) is 32.9 Å². The standard InChI is InChI=1S/C33H35F3N2O4/c1-18(2)23-8-7-9-24(14-23)20(4)37-31(39)25-10-13-30-28(16-25)19(3)21(5)38(30)17-26-15-27(42-22(6)32(40)41)11-12-29(26)33(34,35)36/h7-16,18,20,22H,17H2,1-6H3,(H,37,39)(H,40,41)/t20-,22-/m0/s1. The molecule has 3 aromatic carbocycles. The van der Waals surface area contributed by atoms with Crippen LogP contribution >= 0.6 is 0 Å². The quantitative estimate of drug-likeness (QED) is 0.212. The third-order valence-electron chi connectivity index (χ3n) is 7.70. The smallest absolute Gasteiger partial charge is 0.416 e. The van der Waals surface area contributed by atoms with Crippen LogP contribution in [0.1, 0.15) is 83.5 Å². The second-order valence-electron chi connectivity index (χ2n) is 11.0. The molecule has 1 aromatic heterocycles. The number of aryl methyl sites for hydroxylation is 1. The van der Waals surface area contributed by atoms with Gasteiger partial charge in [-0.3, -0.25) is 4.79 Å². The van der Waals surface area contributed by atoms with Crippen molar-refractivity contribution < 1.29 is 32.6 Å². The number of ether oxygens (including phenoxy) is 1. The van der Waals surface area contributed by atoms with E-state index in [0.717, 1.165) is 34.3 Å². The molecule has 4 aromatic rings. The molecule has 1 heterocycles. The molecule has 9 heteroatoms. The summed E-state index contributed by atoms with van der Waals surface area (Å²) in [6, 6.07) is 16.3. The zero-order chi connectivity index (χ0) is 30.9. The number of alkyl halides is 3. The Morgan fingerprint density at radius 3 is 2.29 bits per heavy atom. The number of nitrogens with one attached hydrogen (secondary N) is 1. The van der Waals surface area contributed by atoms with Crippen molar-refractivity contribution in [3.05, 3.63) is 99.7 Å². The average Bonchev–Trinajstić information content (AvgIpc) is 3.16. The maximum atomic E-state index is 13.9. The largest absolute Gasteiger partial charge is 0.479 e. The first-order chi connectivity index (χ1) is 19.7. The highest BCUT2D eigenvalue weighted by molar-refractivity contribution is 5.99. The molecule has 0 unspecified atom stereocenters. The van der Waals surface area contributed by atoms with E-state index >= 15 is 0 Å². The highest BCUT2D eigenvalue weighted by Gasteiger charge is 2.34. The molecule has 0 radical (unpaired) electrons. The predicted molar refractivity (Wildman–Crippen MR) is 156 cm³/mol. The van der Waals surface area contributed by atoms with Crippen LogP contribution in [0.5, 0.6) is 5.75 Å². The maximum Gasteiger partial charge on any atom is 0.416 e. The maximum absolute atomic E-state index is 13.9. The number of carboxylic acid groups (broad SMARTS) is 1. The number of benzene rings is 3. The van der Waals surface area contributed by atoms with E-state index in [2.05, 4.69) is 31.3 Å². The van der Waals surface area contributed by atoms with Gasteiger partial charge in [0.25, 0.3) is 5.91 Å². The van der Waals surface area contributed by atoms with Gasteiger partial charge in [0.05, 0.1) is 11.6 Å². The summed E-state index contributed by atoms with van der Waals surface area (Å²) in [4.78, 5) is 24.4. The molecule has 0 saturated carbocycles. The molecule has 0 aliphatic heterocycles. The normalized spacial score (nSPS) is 13.3. The van der Waals surface area contributed by atoms with Gasteiger partial charge in [-0.1, -0.05) is 38.1 Å². The number of amides is 1. The highest BCUT2D eigenvalue weighted by atomic mass is 19.4. The molecule has 0 aliphatic rings. The van der Waals surface area contributed by atoms with Crippen LogP contribution in [0, 0.1) is 13.8 Å². The second-order valence-corrected chi connectivity index (χ2v) is 11.0. The van der Waals surface area contributed by atoms with Gasteiger partial charge in [0, 0.05) is 28.7 Å². The zero-order valence-corrected chi connectivity index (χ0v) is 24.5. The summed E-state index contributed by atoms with van der Waals surface area (Å²) in [5.41, 5.74) is 4.02.